The van der Waals surface area contributed by atoms with Crippen molar-refractivity contribution in [2.45, 2.75) is 18.2 Å². The van der Waals surface area contributed by atoms with Crippen LogP contribution in [-0.4, -0.2) is 65.5 Å². The lowest BCUT2D eigenvalue weighted by Crippen LogP contribution is -2.50. The fraction of sp³-hybridized carbons (Fsp3) is 0.273. The standard InChI is InChI=1S/C22H22N4O4S2/c1-16(27)17-4-2-6-20(12-17)32(29,30)26-10-8-25(9-11-26)21(28)13-19-15-31-22(24-19)18-5-3-7-23-14-18/h2-7,12,14-15H,8-11,13H2,1H3. The Morgan fingerprint density at radius 1 is 1.09 bits per heavy atom. The van der Waals surface area contributed by atoms with Crippen LogP contribution >= 0.6 is 11.3 Å². The number of carbonyl (C=O) groups is 2. The van der Waals surface area contributed by atoms with Gasteiger partial charge in [0.1, 0.15) is 5.01 Å². The number of piperazine rings is 1. The Morgan fingerprint density at radius 2 is 1.88 bits per heavy atom. The molecule has 4 rings (SSSR count). The van der Waals surface area contributed by atoms with E-state index < -0.39 is 10.0 Å². The molecule has 2 aromatic heterocycles. The number of rotatable bonds is 6. The molecule has 0 unspecified atom stereocenters. The number of carbonyl (C=O) groups excluding carboxylic acids is 2. The second kappa shape index (κ2) is 9.27. The van der Waals surface area contributed by atoms with Crippen LogP contribution in [0.2, 0.25) is 0 Å². The van der Waals surface area contributed by atoms with Crippen molar-refractivity contribution in [1.82, 2.24) is 19.2 Å². The maximum Gasteiger partial charge on any atom is 0.243 e. The van der Waals surface area contributed by atoms with Gasteiger partial charge in [0.2, 0.25) is 15.9 Å². The van der Waals surface area contributed by atoms with E-state index >= 15 is 0 Å². The predicted molar refractivity (Wildman–Crippen MR) is 121 cm³/mol. The van der Waals surface area contributed by atoms with Crippen molar-refractivity contribution < 1.29 is 18.0 Å². The quantitative estimate of drug-likeness (QED) is 0.513. The summed E-state index contributed by atoms with van der Waals surface area (Å²) >= 11 is 1.46. The molecule has 0 radical (unpaired) electrons. The van der Waals surface area contributed by atoms with E-state index in [4.69, 9.17) is 0 Å². The second-order valence-electron chi connectivity index (χ2n) is 7.43. The number of sulfonamides is 1. The highest BCUT2D eigenvalue weighted by Crippen LogP contribution is 2.24. The van der Waals surface area contributed by atoms with Crippen LogP contribution < -0.4 is 0 Å². The molecule has 166 valence electrons. The molecule has 3 heterocycles. The molecular formula is C22H22N4O4S2. The first-order chi connectivity index (χ1) is 15.3. The van der Waals surface area contributed by atoms with E-state index in [1.165, 1.54) is 34.7 Å². The Bertz CT molecular complexity index is 1230. The lowest BCUT2D eigenvalue weighted by Gasteiger charge is -2.34. The van der Waals surface area contributed by atoms with Crippen LogP contribution in [-0.2, 0) is 21.2 Å². The minimum Gasteiger partial charge on any atom is -0.340 e. The Morgan fingerprint density at radius 3 is 2.56 bits per heavy atom. The van der Waals surface area contributed by atoms with Gasteiger partial charge in [0.05, 0.1) is 17.0 Å². The number of aromatic nitrogens is 2. The van der Waals surface area contributed by atoms with Crippen molar-refractivity contribution >= 4 is 33.1 Å². The average Bonchev–Trinajstić information content (AvgIpc) is 3.28. The summed E-state index contributed by atoms with van der Waals surface area (Å²) in [6.45, 7) is 2.43. The van der Waals surface area contributed by atoms with Gasteiger partial charge in [-0.3, -0.25) is 14.6 Å². The Balaban J connectivity index is 1.37. The number of Topliss-reactive ketones (excluding diaryl/α,β-unsaturated/α-hetero) is 1. The second-order valence-corrected chi connectivity index (χ2v) is 10.2. The molecule has 1 aliphatic rings. The third kappa shape index (κ3) is 4.77. The van der Waals surface area contributed by atoms with Gasteiger partial charge < -0.3 is 4.90 Å². The third-order valence-corrected chi connectivity index (χ3v) is 8.10. The maximum absolute atomic E-state index is 13.0. The average molecular weight is 471 g/mol. The summed E-state index contributed by atoms with van der Waals surface area (Å²) in [4.78, 5) is 34.7. The van der Waals surface area contributed by atoms with Crippen LogP contribution in [0.15, 0.2) is 59.1 Å². The molecule has 1 saturated heterocycles. The monoisotopic (exact) mass is 470 g/mol. The zero-order chi connectivity index (χ0) is 22.7. The minimum absolute atomic E-state index is 0.0799. The number of hydrogen-bond donors (Lipinski definition) is 0. The highest BCUT2D eigenvalue weighted by Gasteiger charge is 2.30. The van der Waals surface area contributed by atoms with Gasteiger partial charge in [-0.15, -0.1) is 11.3 Å². The number of hydrogen-bond acceptors (Lipinski definition) is 7. The van der Waals surface area contributed by atoms with Crippen LogP contribution in [0, 0.1) is 0 Å². The fourth-order valence-electron chi connectivity index (χ4n) is 3.48. The van der Waals surface area contributed by atoms with Crippen LogP contribution in [0.3, 0.4) is 0 Å². The number of benzene rings is 1. The van der Waals surface area contributed by atoms with Gasteiger partial charge >= 0.3 is 0 Å². The Labute approximate surface area is 190 Å². The molecule has 8 nitrogen and oxygen atoms in total. The number of pyridine rings is 1. The molecule has 3 aromatic rings. The van der Waals surface area contributed by atoms with E-state index in [1.54, 1.807) is 29.4 Å². The zero-order valence-electron chi connectivity index (χ0n) is 17.5. The highest BCUT2D eigenvalue weighted by atomic mass is 32.2. The van der Waals surface area contributed by atoms with Gasteiger partial charge in [-0.25, -0.2) is 13.4 Å². The molecule has 0 saturated carbocycles. The summed E-state index contributed by atoms with van der Waals surface area (Å²) in [5, 5.41) is 2.67. The van der Waals surface area contributed by atoms with Crippen molar-refractivity contribution in [1.29, 1.82) is 0 Å². The van der Waals surface area contributed by atoms with Crippen molar-refractivity contribution in [3.8, 4) is 10.6 Å². The topological polar surface area (TPSA) is 101 Å². The van der Waals surface area contributed by atoms with Gasteiger partial charge in [-0.05, 0) is 31.2 Å². The molecule has 32 heavy (non-hydrogen) atoms. The molecule has 0 bridgehead atoms. The number of amides is 1. The molecule has 10 heteroatoms. The Kier molecular flexibility index (Phi) is 6.45. The fourth-order valence-corrected chi connectivity index (χ4v) is 5.76. The van der Waals surface area contributed by atoms with Gasteiger partial charge in [0, 0.05) is 55.1 Å². The van der Waals surface area contributed by atoms with Crippen LogP contribution in [0.4, 0.5) is 0 Å². The van der Waals surface area contributed by atoms with E-state index in [-0.39, 0.29) is 36.1 Å². The maximum atomic E-state index is 13.0. The van der Waals surface area contributed by atoms with E-state index in [9.17, 15) is 18.0 Å². The van der Waals surface area contributed by atoms with E-state index in [1.807, 2.05) is 17.5 Å². The van der Waals surface area contributed by atoms with Crippen molar-refractivity contribution in [3.05, 3.63) is 65.4 Å². The lowest BCUT2D eigenvalue weighted by atomic mass is 10.2. The number of ketones is 1. The van der Waals surface area contributed by atoms with Gasteiger partial charge in [0.25, 0.3) is 0 Å². The summed E-state index contributed by atoms with van der Waals surface area (Å²) in [6.07, 6.45) is 3.60. The molecule has 1 aliphatic heterocycles. The summed E-state index contributed by atoms with van der Waals surface area (Å²) in [5.41, 5.74) is 1.95. The van der Waals surface area contributed by atoms with E-state index in [0.717, 1.165) is 10.6 Å². The minimum atomic E-state index is -3.73. The predicted octanol–water partition coefficient (Wildman–Crippen LogP) is 2.48. The van der Waals surface area contributed by atoms with Crippen molar-refractivity contribution in [2.24, 2.45) is 0 Å². The van der Waals surface area contributed by atoms with Crippen LogP contribution in [0.5, 0.6) is 0 Å². The first-order valence-corrected chi connectivity index (χ1v) is 12.4. The molecule has 0 aliphatic carbocycles. The van der Waals surface area contributed by atoms with E-state index in [2.05, 4.69) is 9.97 Å². The smallest absolute Gasteiger partial charge is 0.243 e. The summed E-state index contributed by atoms with van der Waals surface area (Å²) in [6, 6.07) is 9.81. The normalized spacial score (nSPS) is 15.0. The molecule has 1 fully saturated rings. The summed E-state index contributed by atoms with van der Waals surface area (Å²) in [7, 11) is -3.73. The number of nitrogens with zero attached hydrogens (tertiary/aromatic N) is 4. The van der Waals surface area contributed by atoms with Gasteiger partial charge in [0.15, 0.2) is 5.78 Å². The largest absolute Gasteiger partial charge is 0.340 e. The van der Waals surface area contributed by atoms with Gasteiger partial charge in [-0.1, -0.05) is 12.1 Å². The van der Waals surface area contributed by atoms with Crippen LogP contribution in [0.25, 0.3) is 10.6 Å². The SMILES string of the molecule is CC(=O)c1cccc(S(=O)(=O)N2CCN(C(=O)Cc3csc(-c4cccnc4)n3)CC2)c1. The molecule has 0 spiro atoms. The van der Waals surface area contributed by atoms with E-state index in [0.29, 0.717) is 24.3 Å². The summed E-state index contributed by atoms with van der Waals surface area (Å²) in [5.74, 6) is -0.269. The molecule has 0 N–H and O–H groups in total. The van der Waals surface area contributed by atoms with Crippen LogP contribution in [0.1, 0.15) is 23.0 Å². The van der Waals surface area contributed by atoms with Gasteiger partial charge in [-0.2, -0.15) is 4.31 Å². The first-order valence-electron chi connectivity index (χ1n) is 10.1. The molecule has 0 atom stereocenters. The van der Waals surface area contributed by atoms with Crippen molar-refractivity contribution in [3.63, 3.8) is 0 Å². The van der Waals surface area contributed by atoms with Crippen molar-refractivity contribution in [2.75, 3.05) is 26.2 Å². The lowest BCUT2D eigenvalue weighted by molar-refractivity contribution is -0.131. The zero-order valence-corrected chi connectivity index (χ0v) is 19.1. The first kappa shape index (κ1) is 22.3. The molecule has 1 aromatic carbocycles. The number of thiazole rings is 1. The molecular weight excluding hydrogens is 448 g/mol. The highest BCUT2D eigenvalue weighted by molar-refractivity contribution is 7.89. The third-order valence-electron chi connectivity index (χ3n) is 5.26. The summed E-state index contributed by atoms with van der Waals surface area (Å²) < 4.78 is 27.3. The molecule has 1 amide bonds. The Hall–Kier alpha value is -2.95.